The minimum Gasteiger partial charge on any atom is -0.481 e. The molecule has 0 spiro atoms. The fraction of sp³-hybridized carbons (Fsp3) is 0.857. The van der Waals surface area contributed by atoms with Crippen molar-refractivity contribution in [3.8, 4) is 0 Å². The highest BCUT2D eigenvalue weighted by atomic mass is 16.4. The number of Topliss-reactive ketones (excluding diaryl/α,β-unsaturated/α-hetero) is 1. The van der Waals surface area contributed by atoms with Crippen LogP contribution in [0.4, 0.5) is 0 Å². The number of unbranched alkanes of at least 4 members (excludes halogenated alkanes) is 6. The number of carbonyl (C=O) groups excluding carboxylic acids is 1. The van der Waals surface area contributed by atoms with Crippen LogP contribution in [0.1, 0.15) is 71.6 Å². The highest BCUT2D eigenvalue weighted by molar-refractivity contribution is 5.83. The molecule has 0 saturated carbocycles. The first kappa shape index (κ1) is 16.1. The van der Waals surface area contributed by atoms with E-state index in [1.54, 1.807) is 6.92 Å². The molecule has 0 aromatic rings. The molecule has 0 heterocycles. The normalized spacial score (nSPS) is 12.4. The van der Waals surface area contributed by atoms with Gasteiger partial charge in [-0.3, -0.25) is 9.59 Å². The zero-order chi connectivity index (χ0) is 13.1. The lowest BCUT2D eigenvalue weighted by Crippen LogP contribution is -2.14. The summed E-state index contributed by atoms with van der Waals surface area (Å²) in [5, 5.41) is 8.67. The number of ketones is 1. The van der Waals surface area contributed by atoms with Crippen LogP contribution in [0, 0.1) is 5.92 Å². The number of hydrogen-bond acceptors (Lipinski definition) is 2. The quantitative estimate of drug-likeness (QED) is 0.560. The van der Waals surface area contributed by atoms with Crippen molar-refractivity contribution in [1.29, 1.82) is 0 Å². The lowest BCUT2D eigenvalue weighted by Gasteiger charge is -2.05. The summed E-state index contributed by atoms with van der Waals surface area (Å²) >= 11 is 0. The van der Waals surface area contributed by atoms with E-state index in [0.29, 0.717) is 6.42 Å². The van der Waals surface area contributed by atoms with Gasteiger partial charge in [0, 0.05) is 12.8 Å². The Balaban J connectivity index is 3.36. The summed E-state index contributed by atoms with van der Waals surface area (Å²) in [7, 11) is 0. The zero-order valence-corrected chi connectivity index (χ0v) is 11.2. The third-order valence-electron chi connectivity index (χ3n) is 3.01. The van der Waals surface area contributed by atoms with Crippen LogP contribution < -0.4 is 0 Å². The maximum atomic E-state index is 11.4. The van der Waals surface area contributed by atoms with E-state index >= 15 is 0 Å². The Morgan fingerprint density at radius 2 is 1.53 bits per heavy atom. The van der Waals surface area contributed by atoms with Crippen LogP contribution >= 0.6 is 0 Å². The van der Waals surface area contributed by atoms with Crippen molar-refractivity contribution >= 4 is 11.8 Å². The van der Waals surface area contributed by atoms with Crippen molar-refractivity contribution in [3.05, 3.63) is 0 Å². The van der Waals surface area contributed by atoms with Crippen LogP contribution in [-0.2, 0) is 9.59 Å². The van der Waals surface area contributed by atoms with Crippen LogP contribution in [-0.4, -0.2) is 16.9 Å². The Hall–Kier alpha value is -0.860. The summed E-state index contributed by atoms with van der Waals surface area (Å²) in [6, 6.07) is 0. The summed E-state index contributed by atoms with van der Waals surface area (Å²) < 4.78 is 0. The fourth-order valence-electron chi connectivity index (χ4n) is 1.81. The topological polar surface area (TPSA) is 54.4 Å². The van der Waals surface area contributed by atoms with Gasteiger partial charge in [0.15, 0.2) is 0 Å². The standard InChI is InChI=1S/C14H26O3/c1-3-4-5-6-7-8-9-10-13(15)11-12(2)14(16)17/h12H,3-11H2,1-2H3,(H,16,17). The van der Waals surface area contributed by atoms with Gasteiger partial charge in [0.25, 0.3) is 0 Å². The van der Waals surface area contributed by atoms with Crippen molar-refractivity contribution < 1.29 is 14.7 Å². The Labute approximate surface area is 105 Å². The summed E-state index contributed by atoms with van der Waals surface area (Å²) in [6.45, 7) is 3.78. The molecule has 1 atom stereocenters. The molecule has 1 N–H and O–H groups in total. The van der Waals surface area contributed by atoms with Gasteiger partial charge in [0.2, 0.25) is 0 Å². The van der Waals surface area contributed by atoms with Crippen LogP contribution in [0.15, 0.2) is 0 Å². The molecule has 0 rings (SSSR count). The Morgan fingerprint density at radius 3 is 2.06 bits per heavy atom. The van der Waals surface area contributed by atoms with Crippen LogP contribution in [0.25, 0.3) is 0 Å². The van der Waals surface area contributed by atoms with Gasteiger partial charge < -0.3 is 5.11 Å². The number of rotatable bonds is 11. The van der Waals surface area contributed by atoms with Gasteiger partial charge in [-0.25, -0.2) is 0 Å². The van der Waals surface area contributed by atoms with Gasteiger partial charge in [0.05, 0.1) is 5.92 Å². The molecule has 0 radical (unpaired) electrons. The lowest BCUT2D eigenvalue weighted by molar-refractivity contribution is -0.143. The molecule has 0 saturated heterocycles. The van der Waals surface area contributed by atoms with Gasteiger partial charge in [-0.1, -0.05) is 52.4 Å². The predicted molar refractivity (Wildman–Crippen MR) is 69.0 cm³/mol. The highest BCUT2D eigenvalue weighted by Gasteiger charge is 2.14. The molecular formula is C14H26O3. The molecule has 17 heavy (non-hydrogen) atoms. The number of aliphatic carboxylic acids is 1. The van der Waals surface area contributed by atoms with Gasteiger partial charge in [-0.15, -0.1) is 0 Å². The van der Waals surface area contributed by atoms with Gasteiger partial charge in [-0.05, 0) is 6.42 Å². The summed E-state index contributed by atoms with van der Waals surface area (Å²) in [5.41, 5.74) is 0. The molecule has 0 bridgehead atoms. The Morgan fingerprint density at radius 1 is 1.00 bits per heavy atom. The van der Waals surface area contributed by atoms with E-state index in [9.17, 15) is 9.59 Å². The first-order chi connectivity index (χ1) is 8.07. The number of carbonyl (C=O) groups is 2. The number of hydrogen-bond donors (Lipinski definition) is 1. The lowest BCUT2D eigenvalue weighted by atomic mass is 10.0. The van der Waals surface area contributed by atoms with E-state index in [0.717, 1.165) is 12.8 Å². The Bertz CT molecular complexity index is 224. The van der Waals surface area contributed by atoms with Crippen molar-refractivity contribution in [2.24, 2.45) is 5.92 Å². The van der Waals surface area contributed by atoms with Gasteiger partial charge in [-0.2, -0.15) is 0 Å². The van der Waals surface area contributed by atoms with Gasteiger partial charge in [0.1, 0.15) is 5.78 Å². The first-order valence-electron chi connectivity index (χ1n) is 6.82. The second-order valence-electron chi connectivity index (χ2n) is 4.85. The average molecular weight is 242 g/mol. The SMILES string of the molecule is CCCCCCCCCC(=O)CC(C)C(=O)O. The van der Waals surface area contributed by atoms with Crippen molar-refractivity contribution in [2.75, 3.05) is 0 Å². The molecule has 0 amide bonds. The third-order valence-corrected chi connectivity index (χ3v) is 3.01. The summed E-state index contributed by atoms with van der Waals surface area (Å²) in [6.07, 6.45) is 9.04. The Kier molecular flexibility index (Phi) is 9.78. The minimum absolute atomic E-state index is 0.0912. The van der Waals surface area contributed by atoms with Crippen LogP contribution in [0.2, 0.25) is 0 Å². The first-order valence-corrected chi connectivity index (χ1v) is 6.82. The molecule has 3 nitrogen and oxygen atoms in total. The van der Waals surface area contributed by atoms with Crippen molar-refractivity contribution in [3.63, 3.8) is 0 Å². The maximum absolute atomic E-state index is 11.4. The van der Waals surface area contributed by atoms with Crippen LogP contribution in [0.5, 0.6) is 0 Å². The molecule has 100 valence electrons. The predicted octanol–water partition coefficient (Wildman–Crippen LogP) is 3.81. The van der Waals surface area contributed by atoms with E-state index in [1.807, 2.05) is 0 Å². The molecule has 0 aromatic carbocycles. The smallest absolute Gasteiger partial charge is 0.306 e. The largest absolute Gasteiger partial charge is 0.481 e. The minimum atomic E-state index is -0.877. The average Bonchev–Trinajstić information content (AvgIpc) is 2.27. The molecule has 0 aliphatic carbocycles. The number of carboxylic acids is 1. The number of carboxylic acid groups (broad SMARTS) is 1. The molecule has 0 aliphatic rings. The highest BCUT2D eigenvalue weighted by Crippen LogP contribution is 2.11. The summed E-state index contributed by atoms with van der Waals surface area (Å²) in [4.78, 5) is 22.0. The van der Waals surface area contributed by atoms with E-state index in [2.05, 4.69) is 6.92 Å². The van der Waals surface area contributed by atoms with Crippen molar-refractivity contribution in [1.82, 2.24) is 0 Å². The second kappa shape index (κ2) is 10.3. The van der Waals surface area contributed by atoms with E-state index in [-0.39, 0.29) is 12.2 Å². The summed E-state index contributed by atoms with van der Waals surface area (Å²) in [5.74, 6) is -1.32. The second-order valence-corrected chi connectivity index (χ2v) is 4.85. The van der Waals surface area contributed by atoms with Gasteiger partial charge >= 0.3 is 5.97 Å². The molecule has 0 aromatic heterocycles. The maximum Gasteiger partial charge on any atom is 0.306 e. The van der Waals surface area contributed by atoms with E-state index in [1.165, 1.54) is 32.1 Å². The molecule has 0 fully saturated rings. The molecular weight excluding hydrogens is 216 g/mol. The van der Waals surface area contributed by atoms with Crippen molar-refractivity contribution in [2.45, 2.75) is 71.6 Å². The zero-order valence-electron chi connectivity index (χ0n) is 11.2. The van der Waals surface area contributed by atoms with Crippen LogP contribution in [0.3, 0.4) is 0 Å². The van der Waals surface area contributed by atoms with E-state index < -0.39 is 11.9 Å². The van der Waals surface area contributed by atoms with E-state index in [4.69, 9.17) is 5.11 Å². The molecule has 1 unspecified atom stereocenters. The monoisotopic (exact) mass is 242 g/mol. The molecule has 3 heteroatoms. The third kappa shape index (κ3) is 10.0. The molecule has 0 aliphatic heterocycles. The fourth-order valence-corrected chi connectivity index (χ4v) is 1.81.